The first kappa shape index (κ1) is 14.5. The Balaban J connectivity index is 1.92. The van der Waals surface area contributed by atoms with Crippen molar-refractivity contribution in [3.05, 3.63) is 36.5 Å². The number of carbonyl (C=O) groups is 1. The molecule has 4 heteroatoms. The summed E-state index contributed by atoms with van der Waals surface area (Å²) in [6, 6.07) is 9.79. The van der Waals surface area contributed by atoms with E-state index in [-0.39, 0.29) is 11.4 Å². The molecule has 1 aromatic heterocycles. The van der Waals surface area contributed by atoms with Crippen LogP contribution in [0.25, 0.3) is 10.9 Å². The van der Waals surface area contributed by atoms with Gasteiger partial charge < -0.3 is 10.6 Å². The van der Waals surface area contributed by atoms with Gasteiger partial charge in [-0.15, -0.1) is 0 Å². The van der Waals surface area contributed by atoms with Gasteiger partial charge in [0, 0.05) is 23.9 Å². The summed E-state index contributed by atoms with van der Waals surface area (Å²) in [4.78, 5) is 16.2. The number of benzene rings is 1. The van der Waals surface area contributed by atoms with Crippen molar-refractivity contribution in [3.8, 4) is 0 Å². The molecule has 0 aliphatic heterocycles. The molecule has 2 aromatic rings. The Morgan fingerprint density at radius 2 is 2.00 bits per heavy atom. The zero-order valence-electron chi connectivity index (χ0n) is 12.2. The van der Waals surface area contributed by atoms with Gasteiger partial charge in [-0.05, 0) is 32.9 Å². The summed E-state index contributed by atoms with van der Waals surface area (Å²) >= 11 is 0. The van der Waals surface area contributed by atoms with Crippen LogP contribution >= 0.6 is 0 Å². The second kappa shape index (κ2) is 6.01. The Kier molecular flexibility index (Phi) is 4.35. The van der Waals surface area contributed by atoms with Crippen LogP contribution < -0.4 is 10.6 Å². The number of carbonyl (C=O) groups excluding carboxylic acids is 1. The third kappa shape index (κ3) is 4.31. The maximum Gasteiger partial charge on any atom is 0.225 e. The van der Waals surface area contributed by atoms with E-state index < -0.39 is 0 Å². The highest BCUT2D eigenvalue weighted by atomic mass is 16.1. The molecule has 106 valence electrons. The Morgan fingerprint density at radius 1 is 1.25 bits per heavy atom. The van der Waals surface area contributed by atoms with E-state index in [0.29, 0.717) is 13.0 Å². The molecule has 0 unspecified atom stereocenters. The van der Waals surface area contributed by atoms with Gasteiger partial charge in [-0.1, -0.05) is 18.2 Å². The molecular weight excluding hydrogens is 250 g/mol. The van der Waals surface area contributed by atoms with Crippen LogP contribution in [0.3, 0.4) is 0 Å². The van der Waals surface area contributed by atoms with Crippen LogP contribution in [0.15, 0.2) is 36.5 Å². The standard InChI is InChI=1S/C16H21N3O/c1-16(2,3)18-9-8-15(20)19-13-10-12-6-4-5-7-14(12)17-11-13/h4-7,10-11,18H,8-9H2,1-3H3,(H,19,20). The Hall–Kier alpha value is -1.94. The first-order valence-corrected chi connectivity index (χ1v) is 6.84. The van der Waals surface area contributed by atoms with Crippen molar-refractivity contribution in [1.82, 2.24) is 10.3 Å². The number of amides is 1. The van der Waals surface area contributed by atoms with E-state index in [1.165, 1.54) is 0 Å². The second-order valence-corrected chi connectivity index (χ2v) is 5.89. The third-order valence-electron chi connectivity index (χ3n) is 2.88. The lowest BCUT2D eigenvalue weighted by molar-refractivity contribution is -0.116. The normalized spacial score (nSPS) is 11.6. The molecule has 0 fully saturated rings. The second-order valence-electron chi connectivity index (χ2n) is 5.89. The third-order valence-corrected chi connectivity index (χ3v) is 2.88. The molecule has 1 amide bonds. The first-order valence-electron chi connectivity index (χ1n) is 6.84. The number of pyridine rings is 1. The van der Waals surface area contributed by atoms with E-state index in [2.05, 4.69) is 36.4 Å². The van der Waals surface area contributed by atoms with Gasteiger partial charge >= 0.3 is 0 Å². The predicted molar refractivity (Wildman–Crippen MR) is 82.7 cm³/mol. The average molecular weight is 271 g/mol. The van der Waals surface area contributed by atoms with Crippen molar-refractivity contribution in [2.24, 2.45) is 0 Å². The molecule has 2 rings (SSSR count). The smallest absolute Gasteiger partial charge is 0.225 e. The number of rotatable bonds is 4. The van der Waals surface area contributed by atoms with E-state index in [9.17, 15) is 4.79 Å². The monoisotopic (exact) mass is 271 g/mol. The number of aromatic nitrogens is 1. The number of hydrogen-bond donors (Lipinski definition) is 2. The summed E-state index contributed by atoms with van der Waals surface area (Å²) in [7, 11) is 0. The number of hydrogen-bond acceptors (Lipinski definition) is 3. The highest BCUT2D eigenvalue weighted by Gasteiger charge is 2.09. The average Bonchev–Trinajstić information content (AvgIpc) is 2.37. The van der Waals surface area contributed by atoms with E-state index in [4.69, 9.17) is 0 Å². The molecule has 0 aliphatic carbocycles. The Bertz CT molecular complexity index is 602. The van der Waals surface area contributed by atoms with E-state index in [1.54, 1.807) is 6.20 Å². The fourth-order valence-electron chi connectivity index (χ4n) is 1.91. The van der Waals surface area contributed by atoms with Crippen LogP contribution in [-0.4, -0.2) is 23.0 Å². The van der Waals surface area contributed by atoms with Gasteiger partial charge in [0.15, 0.2) is 0 Å². The highest BCUT2D eigenvalue weighted by Crippen LogP contribution is 2.16. The van der Waals surface area contributed by atoms with Gasteiger partial charge in [0.2, 0.25) is 5.91 Å². The van der Waals surface area contributed by atoms with E-state index in [1.807, 2.05) is 30.3 Å². The summed E-state index contributed by atoms with van der Waals surface area (Å²) in [6.45, 7) is 6.91. The molecule has 20 heavy (non-hydrogen) atoms. The zero-order chi connectivity index (χ0) is 14.6. The summed E-state index contributed by atoms with van der Waals surface area (Å²) in [5.41, 5.74) is 1.70. The molecule has 0 atom stereocenters. The maximum atomic E-state index is 11.9. The number of nitrogens with zero attached hydrogens (tertiary/aromatic N) is 1. The molecule has 2 N–H and O–H groups in total. The highest BCUT2D eigenvalue weighted by molar-refractivity contribution is 5.93. The summed E-state index contributed by atoms with van der Waals surface area (Å²) in [5.74, 6) is -0.00108. The molecule has 0 radical (unpaired) electrons. The topological polar surface area (TPSA) is 54.0 Å². The van der Waals surface area contributed by atoms with Crippen molar-refractivity contribution in [3.63, 3.8) is 0 Å². The van der Waals surface area contributed by atoms with Gasteiger partial charge in [0.1, 0.15) is 0 Å². The minimum atomic E-state index is -0.00108. The van der Waals surface area contributed by atoms with E-state index in [0.717, 1.165) is 16.6 Å². The van der Waals surface area contributed by atoms with Crippen LogP contribution in [0.4, 0.5) is 5.69 Å². The Morgan fingerprint density at radius 3 is 2.75 bits per heavy atom. The number of anilines is 1. The lowest BCUT2D eigenvalue weighted by Gasteiger charge is -2.20. The number of nitrogens with one attached hydrogen (secondary N) is 2. The fraction of sp³-hybridized carbons (Fsp3) is 0.375. The lowest BCUT2D eigenvalue weighted by Crippen LogP contribution is -2.37. The molecule has 1 aromatic carbocycles. The molecule has 1 heterocycles. The Labute approximate surface area is 119 Å². The summed E-state index contributed by atoms with van der Waals surface area (Å²) < 4.78 is 0. The van der Waals surface area contributed by atoms with Crippen LogP contribution in [0, 0.1) is 0 Å². The molecule has 0 saturated carbocycles. The van der Waals surface area contributed by atoms with Gasteiger partial charge in [-0.3, -0.25) is 9.78 Å². The van der Waals surface area contributed by atoms with Crippen LogP contribution in [0.1, 0.15) is 27.2 Å². The lowest BCUT2D eigenvalue weighted by atomic mass is 10.1. The van der Waals surface area contributed by atoms with Gasteiger partial charge in [0.25, 0.3) is 0 Å². The van der Waals surface area contributed by atoms with Crippen molar-refractivity contribution >= 4 is 22.5 Å². The maximum absolute atomic E-state index is 11.9. The quantitative estimate of drug-likeness (QED) is 0.899. The fourth-order valence-corrected chi connectivity index (χ4v) is 1.91. The molecule has 0 aliphatic rings. The molecular formula is C16H21N3O. The molecule has 0 spiro atoms. The molecule has 0 bridgehead atoms. The zero-order valence-corrected chi connectivity index (χ0v) is 12.2. The van der Waals surface area contributed by atoms with Crippen LogP contribution in [0.2, 0.25) is 0 Å². The van der Waals surface area contributed by atoms with Crippen LogP contribution in [0.5, 0.6) is 0 Å². The van der Waals surface area contributed by atoms with Gasteiger partial charge in [-0.25, -0.2) is 0 Å². The summed E-state index contributed by atoms with van der Waals surface area (Å²) in [5, 5.41) is 7.20. The van der Waals surface area contributed by atoms with Gasteiger partial charge in [0.05, 0.1) is 17.4 Å². The minimum Gasteiger partial charge on any atom is -0.325 e. The predicted octanol–water partition coefficient (Wildman–Crippen LogP) is 2.95. The van der Waals surface area contributed by atoms with E-state index >= 15 is 0 Å². The minimum absolute atomic E-state index is 0.00108. The SMILES string of the molecule is CC(C)(C)NCCC(=O)Nc1cnc2ccccc2c1. The number of fused-ring (bicyclic) bond motifs is 1. The molecule has 0 saturated heterocycles. The van der Waals surface area contributed by atoms with Crippen molar-refractivity contribution < 1.29 is 4.79 Å². The van der Waals surface area contributed by atoms with Crippen molar-refractivity contribution in [2.45, 2.75) is 32.7 Å². The number of para-hydroxylation sites is 1. The van der Waals surface area contributed by atoms with Crippen molar-refractivity contribution in [2.75, 3.05) is 11.9 Å². The van der Waals surface area contributed by atoms with Crippen molar-refractivity contribution in [1.29, 1.82) is 0 Å². The first-order chi connectivity index (χ1) is 9.44. The molecule has 4 nitrogen and oxygen atoms in total. The largest absolute Gasteiger partial charge is 0.325 e. The summed E-state index contributed by atoms with van der Waals surface area (Å²) in [6.07, 6.45) is 2.14. The van der Waals surface area contributed by atoms with Crippen LogP contribution in [-0.2, 0) is 4.79 Å². The van der Waals surface area contributed by atoms with Gasteiger partial charge in [-0.2, -0.15) is 0 Å².